The van der Waals surface area contributed by atoms with Gasteiger partial charge in [0.05, 0.1) is 13.2 Å². The van der Waals surface area contributed by atoms with Crippen LogP contribution in [0.15, 0.2) is 29.3 Å². The summed E-state index contributed by atoms with van der Waals surface area (Å²) in [6, 6.07) is 8.64. The molecule has 32 heavy (non-hydrogen) atoms. The van der Waals surface area contributed by atoms with Gasteiger partial charge in [0.15, 0.2) is 5.96 Å². The average molecular weight is 443 g/mol. The van der Waals surface area contributed by atoms with E-state index in [4.69, 9.17) is 14.5 Å². The van der Waals surface area contributed by atoms with Gasteiger partial charge in [-0.15, -0.1) is 0 Å². The molecule has 1 aromatic carbocycles. The van der Waals surface area contributed by atoms with Gasteiger partial charge in [0.25, 0.3) is 0 Å². The van der Waals surface area contributed by atoms with Crippen LogP contribution in [0.3, 0.4) is 0 Å². The number of carbonyl (C=O) groups excluding carboxylic acids is 1. The lowest BCUT2D eigenvalue weighted by Gasteiger charge is -2.23. The first-order valence-corrected chi connectivity index (χ1v) is 12.3. The Morgan fingerprint density at radius 3 is 3.03 bits per heavy atom. The number of anilines is 1. The van der Waals surface area contributed by atoms with Crippen LogP contribution in [0.5, 0.6) is 0 Å². The first kappa shape index (κ1) is 23.1. The highest BCUT2D eigenvalue weighted by Crippen LogP contribution is 2.38. The van der Waals surface area contributed by atoms with Gasteiger partial charge in [-0.1, -0.05) is 18.2 Å². The van der Waals surface area contributed by atoms with Gasteiger partial charge < -0.3 is 24.6 Å². The van der Waals surface area contributed by atoms with Crippen molar-refractivity contribution < 1.29 is 14.3 Å². The molecular weight excluding hydrogens is 404 g/mol. The Kier molecular flexibility index (Phi) is 8.40. The Bertz CT molecular complexity index is 778. The zero-order valence-electron chi connectivity index (χ0n) is 19.4. The second-order valence-electron chi connectivity index (χ2n) is 9.03. The molecule has 1 amide bonds. The number of amides is 1. The van der Waals surface area contributed by atoms with Gasteiger partial charge in [-0.2, -0.15) is 0 Å². The Labute approximate surface area is 192 Å². The van der Waals surface area contributed by atoms with Crippen molar-refractivity contribution in [3.63, 3.8) is 0 Å². The molecule has 176 valence electrons. The topological polar surface area (TPSA) is 66.4 Å². The van der Waals surface area contributed by atoms with Crippen molar-refractivity contribution in [1.29, 1.82) is 0 Å². The lowest BCUT2D eigenvalue weighted by Crippen LogP contribution is -2.41. The highest BCUT2D eigenvalue weighted by molar-refractivity contribution is 5.98. The molecule has 7 nitrogen and oxygen atoms in total. The predicted octanol–water partition coefficient (Wildman–Crippen LogP) is 3.01. The van der Waals surface area contributed by atoms with Gasteiger partial charge in [-0.05, 0) is 44.2 Å². The third kappa shape index (κ3) is 5.81. The molecule has 2 fully saturated rings. The smallest absolute Gasteiger partial charge is 0.222 e. The molecule has 3 heterocycles. The highest BCUT2D eigenvalue weighted by Gasteiger charge is 2.32. The molecule has 1 N–H and O–H groups in total. The van der Waals surface area contributed by atoms with E-state index in [1.807, 2.05) is 4.90 Å². The van der Waals surface area contributed by atoms with Crippen LogP contribution < -0.4 is 10.2 Å². The number of para-hydroxylation sites is 1. The van der Waals surface area contributed by atoms with Crippen molar-refractivity contribution in [2.45, 2.75) is 44.9 Å². The number of nitrogens with one attached hydrogen (secondary N) is 1. The zero-order chi connectivity index (χ0) is 22.2. The summed E-state index contributed by atoms with van der Waals surface area (Å²) in [6.45, 7) is 9.61. The summed E-state index contributed by atoms with van der Waals surface area (Å²) in [5.41, 5.74) is 2.61. The van der Waals surface area contributed by atoms with E-state index < -0.39 is 0 Å². The minimum atomic E-state index is 0.311. The lowest BCUT2D eigenvalue weighted by atomic mass is 9.98. The quantitative estimate of drug-likeness (QED) is 0.343. The second-order valence-corrected chi connectivity index (χ2v) is 9.03. The number of likely N-dealkylation sites (tertiary alicyclic amines) is 1. The maximum Gasteiger partial charge on any atom is 0.222 e. The molecule has 0 spiro atoms. The fourth-order valence-corrected chi connectivity index (χ4v) is 4.91. The summed E-state index contributed by atoms with van der Waals surface area (Å²) in [4.78, 5) is 21.3. The number of rotatable bonds is 10. The van der Waals surface area contributed by atoms with Crippen LogP contribution in [0.25, 0.3) is 0 Å². The fourth-order valence-electron chi connectivity index (χ4n) is 4.91. The molecule has 0 bridgehead atoms. The van der Waals surface area contributed by atoms with Crippen molar-refractivity contribution >= 4 is 17.6 Å². The van der Waals surface area contributed by atoms with Crippen molar-refractivity contribution in [2.75, 3.05) is 64.1 Å². The van der Waals surface area contributed by atoms with E-state index in [0.29, 0.717) is 24.2 Å². The Morgan fingerprint density at radius 1 is 1.34 bits per heavy atom. The number of aliphatic imine (C=N–C) groups is 1. The standard InChI is InChI=1S/C25H38N4O3/c1-2-26-25(27-12-6-15-31-18-20-11-16-32-19-20)29-17-21(22-7-3-4-8-23(22)29)10-14-28-13-5-9-24(28)30/h3-4,7-8,20-21H,2,5-6,9-19H2,1H3,(H,26,27). The number of carbonyl (C=O) groups is 1. The summed E-state index contributed by atoms with van der Waals surface area (Å²) < 4.78 is 11.2. The highest BCUT2D eigenvalue weighted by atomic mass is 16.5. The van der Waals surface area contributed by atoms with Crippen molar-refractivity contribution in [3.05, 3.63) is 29.8 Å². The number of benzene rings is 1. The summed E-state index contributed by atoms with van der Waals surface area (Å²) in [6.07, 6.45) is 4.74. The Morgan fingerprint density at radius 2 is 2.25 bits per heavy atom. The molecule has 0 aliphatic carbocycles. The van der Waals surface area contributed by atoms with E-state index >= 15 is 0 Å². The monoisotopic (exact) mass is 442 g/mol. The third-order valence-corrected chi connectivity index (χ3v) is 6.67. The largest absolute Gasteiger partial charge is 0.381 e. The first-order chi connectivity index (χ1) is 15.8. The zero-order valence-corrected chi connectivity index (χ0v) is 19.4. The molecular formula is C25H38N4O3. The number of hydrogen-bond donors (Lipinski definition) is 1. The Hall–Kier alpha value is -2.12. The van der Waals surface area contributed by atoms with Gasteiger partial charge in [0.1, 0.15) is 0 Å². The number of nitrogens with zero attached hydrogens (tertiary/aromatic N) is 3. The molecule has 2 atom stereocenters. The molecule has 0 saturated carbocycles. The average Bonchev–Trinajstić information content (AvgIpc) is 3.55. The van der Waals surface area contributed by atoms with Crippen LogP contribution in [-0.4, -0.2) is 75.9 Å². The summed E-state index contributed by atoms with van der Waals surface area (Å²) in [7, 11) is 0. The van der Waals surface area contributed by atoms with Gasteiger partial charge in [0.2, 0.25) is 5.91 Å². The van der Waals surface area contributed by atoms with Crippen LogP contribution in [0, 0.1) is 5.92 Å². The van der Waals surface area contributed by atoms with Gasteiger partial charge >= 0.3 is 0 Å². The fraction of sp³-hybridized carbons (Fsp3) is 0.680. The van der Waals surface area contributed by atoms with E-state index in [9.17, 15) is 4.79 Å². The van der Waals surface area contributed by atoms with Gasteiger partial charge in [-0.25, -0.2) is 0 Å². The summed E-state index contributed by atoms with van der Waals surface area (Å²) in [5, 5.41) is 3.48. The maximum absolute atomic E-state index is 12.0. The van der Waals surface area contributed by atoms with Crippen LogP contribution in [-0.2, 0) is 14.3 Å². The van der Waals surface area contributed by atoms with E-state index in [1.165, 1.54) is 11.3 Å². The summed E-state index contributed by atoms with van der Waals surface area (Å²) >= 11 is 0. The molecule has 3 aliphatic rings. The normalized spacial score (nSPS) is 23.3. The predicted molar refractivity (Wildman–Crippen MR) is 127 cm³/mol. The molecule has 7 heteroatoms. The van der Waals surface area contributed by atoms with Crippen molar-refractivity contribution in [1.82, 2.24) is 10.2 Å². The van der Waals surface area contributed by atoms with Crippen LogP contribution >= 0.6 is 0 Å². The number of ether oxygens (including phenoxy) is 2. The van der Waals surface area contributed by atoms with Crippen molar-refractivity contribution in [3.8, 4) is 0 Å². The van der Waals surface area contributed by atoms with Crippen LogP contribution in [0.2, 0.25) is 0 Å². The Balaban J connectivity index is 1.32. The van der Waals surface area contributed by atoms with E-state index in [2.05, 4.69) is 41.4 Å². The van der Waals surface area contributed by atoms with Crippen LogP contribution in [0.1, 0.15) is 50.5 Å². The third-order valence-electron chi connectivity index (χ3n) is 6.67. The van der Waals surface area contributed by atoms with Gasteiger partial charge in [-0.3, -0.25) is 9.79 Å². The first-order valence-electron chi connectivity index (χ1n) is 12.3. The minimum Gasteiger partial charge on any atom is -0.381 e. The SMILES string of the molecule is CCNC(=NCCCOCC1CCOC1)N1CC(CCN2CCCC2=O)c2ccccc21. The molecule has 1 aromatic rings. The van der Waals surface area contributed by atoms with Crippen molar-refractivity contribution in [2.24, 2.45) is 10.9 Å². The maximum atomic E-state index is 12.0. The molecule has 2 unspecified atom stereocenters. The number of guanidine groups is 1. The van der Waals surface area contributed by atoms with E-state index in [-0.39, 0.29) is 0 Å². The molecule has 0 radical (unpaired) electrons. The molecule has 0 aromatic heterocycles. The number of fused-ring (bicyclic) bond motifs is 1. The molecule has 3 aliphatic heterocycles. The molecule has 4 rings (SSSR count). The summed E-state index contributed by atoms with van der Waals surface area (Å²) in [5.74, 6) is 2.24. The van der Waals surface area contributed by atoms with Gasteiger partial charge in [0, 0.05) is 69.9 Å². The van der Waals surface area contributed by atoms with E-state index in [1.54, 1.807) is 0 Å². The molecule has 2 saturated heterocycles. The lowest BCUT2D eigenvalue weighted by molar-refractivity contribution is -0.127. The van der Waals surface area contributed by atoms with E-state index in [0.717, 1.165) is 90.8 Å². The van der Waals surface area contributed by atoms with Crippen LogP contribution in [0.4, 0.5) is 5.69 Å². The second kappa shape index (κ2) is 11.7. The minimum absolute atomic E-state index is 0.311. The number of hydrogen-bond acceptors (Lipinski definition) is 4.